The lowest BCUT2D eigenvalue weighted by Gasteiger charge is -2.20. The molecule has 0 saturated heterocycles. The number of amides is 1. The first-order valence-electron chi connectivity index (χ1n) is 5.71. The maximum Gasteiger partial charge on any atom is 0.407 e. The highest BCUT2D eigenvalue weighted by molar-refractivity contribution is 6.29. The molecule has 0 radical (unpaired) electrons. The zero-order valence-corrected chi connectivity index (χ0v) is 11.9. The zero-order valence-electron chi connectivity index (χ0n) is 11.1. The standard InChI is InChI=1S/C12H23ClN2O2/c1-9(6-14-8-10(2)13)7-15-11(16)17-12(3,4)5/h9,14H,2,6-8H2,1,3-5H3,(H,15,16). The highest BCUT2D eigenvalue weighted by atomic mass is 35.5. The average molecular weight is 263 g/mol. The minimum absolute atomic E-state index is 0.304. The molecule has 0 aliphatic heterocycles. The fourth-order valence-electron chi connectivity index (χ4n) is 1.10. The Morgan fingerprint density at radius 2 is 2.00 bits per heavy atom. The van der Waals surface area contributed by atoms with E-state index < -0.39 is 5.60 Å². The molecule has 0 aromatic rings. The number of halogens is 1. The van der Waals surface area contributed by atoms with Gasteiger partial charge in [0, 0.05) is 18.1 Å². The summed E-state index contributed by atoms with van der Waals surface area (Å²) in [5.74, 6) is 0.304. The summed E-state index contributed by atoms with van der Waals surface area (Å²) in [6, 6.07) is 0. The number of alkyl carbamates (subject to hydrolysis) is 1. The Balaban J connectivity index is 3.66. The second-order valence-electron chi connectivity index (χ2n) is 5.14. The lowest BCUT2D eigenvalue weighted by Crippen LogP contribution is -2.37. The van der Waals surface area contributed by atoms with Crippen LogP contribution in [0.3, 0.4) is 0 Å². The molecule has 0 heterocycles. The Bertz CT molecular complexity index is 262. The van der Waals surface area contributed by atoms with Crippen molar-refractivity contribution in [1.82, 2.24) is 10.6 Å². The molecule has 0 aliphatic carbocycles. The fraction of sp³-hybridized carbons (Fsp3) is 0.750. The number of hydrogen-bond acceptors (Lipinski definition) is 3. The van der Waals surface area contributed by atoms with E-state index in [0.29, 0.717) is 24.0 Å². The van der Waals surface area contributed by atoms with Crippen LogP contribution in [-0.4, -0.2) is 31.3 Å². The SMILES string of the molecule is C=C(Cl)CNCC(C)CNC(=O)OC(C)(C)C. The second kappa shape index (κ2) is 7.56. The van der Waals surface area contributed by atoms with Crippen LogP contribution in [0.2, 0.25) is 0 Å². The molecule has 2 N–H and O–H groups in total. The topological polar surface area (TPSA) is 50.4 Å². The molecule has 5 heteroatoms. The van der Waals surface area contributed by atoms with Crippen molar-refractivity contribution >= 4 is 17.7 Å². The first-order valence-corrected chi connectivity index (χ1v) is 6.09. The van der Waals surface area contributed by atoms with Gasteiger partial charge in [0.15, 0.2) is 0 Å². The Hall–Kier alpha value is -0.740. The molecule has 4 nitrogen and oxygen atoms in total. The Morgan fingerprint density at radius 3 is 2.47 bits per heavy atom. The van der Waals surface area contributed by atoms with Crippen LogP contribution in [0, 0.1) is 5.92 Å². The van der Waals surface area contributed by atoms with Crippen molar-refractivity contribution in [2.24, 2.45) is 5.92 Å². The predicted molar refractivity (Wildman–Crippen MR) is 71.3 cm³/mol. The molecule has 0 saturated carbocycles. The minimum atomic E-state index is -0.456. The highest BCUT2D eigenvalue weighted by Gasteiger charge is 2.16. The molecule has 0 aromatic heterocycles. The molecule has 0 spiro atoms. The van der Waals surface area contributed by atoms with Gasteiger partial charge in [0.25, 0.3) is 0 Å². The molecule has 100 valence electrons. The van der Waals surface area contributed by atoms with Gasteiger partial charge >= 0.3 is 6.09 Å². The van der Waals surface area contributed by atoms with Crippen LogP contribution in [0.25, 0.3) is 0 Å². The van der Waals surface area contributed by atoms with Gasteiger partial charge in [-0.2, -0.15) is 0 Å². The number of carbonyl (C=O) groups is 1. The van der Waals surface area contributed by atoms with Gasteiger partial charge in [0.05, 0.1) is 0 Å². The van der Waals surface area contributed by atoms with Gasteiger partial charge < -0.3 is 15.4 Å². The van der Waals surface area contributed by atoms with Crippen LogP contribution in [0.1, 0.15) is 27.7 Å². The third-order valence-corrected chi connectivity index (χ3v) is 1.94. The summed E-state index contributed by atoms with van der Waals surface area (Å²) in [6.07, 6.45) is -0.383. The molecule has 0 rings (SSSR count). The van der Waals surface area contributed by atoms with Gasteiger partial charge in [0.1, 0.15) is 5.60 Å². The Morgan fingerprint density at radius 1 is 1.41 bits per heavy atom. The monoisotopic (exact) mass is 262 g/mol. The van der Waals surface area contributed by atoms with Crippen molar-refractivity contribution in [3.8, 4) is 0 Å². The molecule has 1 atom stereocenters. The van der Waals surface area contributed by atoms with Crippen molar-refractivity contribution in [2.45, 2.75) is 33.3 Å². The van der Waals surface area contributed by atoms with E-state index in [-0.39, 0.29) is 6.09 Å². The van der Waals surface area contributed by atoms with Crippen LogP contribution in [0.4, 0.5) is 4.79 Å². The first kappa shape index (κ1) is 16.3. The van der Waals surface area contributed by atoms with Crippen LogP contribution in [0.15, 0.2) is 11.6 Å². The zero-order chi connectivity index (χ0) is 13.5. The Kier molecular flexibility index (Phi) is 7.23. The van der Waals surface area contributed by atoms with Crippen molar-refractivity contribution in [1.29, 1.82) is 0 Å². The summed E-state index contributed by atoms with van der Waals surface area (Å²) in [7, 11) is 0. The lowest BCUT2D eigenvalue weighted by atomic mass is 10.2. The summed E-state index contributed by atoms with van der Waals surface area (Å²) in [5, 5.41) is 6.43. The fourth-order valence-corrected chi connectivity index (χ4v) is 1.19. The lowest BCUT2D eigenvalue weighted by molar-refractivity contribution is 0.0520. The van der Waals surface area contributed by atoms with Gasteiger partial charge in [-0.05, 0) is 33.2 Å². The smallest absolute Gasteiger partial charge is 0.407 e. The van der Waals surface area contributed by atoms with Gasteiger partial charge in [-0.3, -0.25) is 0 Å². The van der Waals surface area contributed by atoms with E-state index in [0.717, 1.165) is 6.54 Å². The molecule has 0 aromatic carbocycles. The number of nitrogens with one attached hydrogen (secondary N) is 2. The average Bonchev–Trinajstić information content (AvgIpc) is 2.11. The molecule has 0 fully saturated rings. The quantitative estimate of drug-likeness (QED) is 0.773. The minimum Gasteiger partial charge on any atom is -0.444 e. The molecule has 1 unspecified atom stereocenters. The number of ether oxygens (including phenoxy) is 1. The van der Waals surface area contributed by atoms with E-state index in [4.69, 9.17) is 16.3 Å². The number of carbonyl (C=O) groups excluding carboxylic acids is 1. The first-order chi connectivity index (χ1) is 7.70. The van der Waals surface area contributed by atoms with Crippen molar-refractivity contribution in [2.75, 3.05) is 19.6 Å². The van der Waals surface area contributed by atoms with E-state index in [9.17, 15) is 4.79 Å². The van der Waals surface area contributed by atoms with E-state index in [1.807, 2.05) is 27.7 Å². The van der Waals surface area contributed by atoms with Crippen LogP contribution < -0.4 is 10.6 Å². The largest absolute Gasteiger partial charge is 0.444 e. The molecule has 17 heavy (non-hydrogen) atoms. The van der Waals surface area contributed by atoms with E-state index in [1.165, 1.54) is 0 Å². The number of rotatable bonds is 6. The second-order valence-corrected chi connectivity index (χ2v) is 5.67. The van der Waals surface area contributed by atoms with Crippen molar-refractivity contribution in [3.05, 3.63) is 11.6 Å². The highest BCUT2D eigenvalue weighted by Crippen LogP contribution is 2.06. The summed E-state index contributed by atoms with van der Waals surface area (Å²) >= 11 is 5.61. The van der Waals surface area contributed by atoms with E-state index in [1.54, 1.807) is 0 Å². The van der Waals surface area contributed by atoms with Gasteiger partial charge in [0.2, 0.25) is 0 Å². The van der Waals surface area contributed by atoms with Crippen LogP contribution in [-0.2, 0) is 4.74 Å². The third-order valence-electron chi connectivity index (χ3n) is 1.80. The van der Waals surface area contributed by atoms with Crippen molar-refractivity contribution < 1.29 is 9.53 Å². The molecule has 1 amide bonds. The van der Waals surface area contributed by atoms with Gasteiger partial charge in [-0.15, -0.1) is 0 Å². The Labute approximate surface area is 109 Å². The maximum atomic E-state index is 11.4. The summed E-state index contributed by atoms with van der Waals surface area (Å²) in [5.41, 5.74) is -0.456. The third kappa shape index (κ3) is 11.5. The summed E-state index contributed by atoms with van der Waals surface area (Å²) in [4.78, 5) is 11.4. The summed E-state index contributed by atoms with van der Waals surface area (Å²) in [6.45, 7) is 13.0. The van der Waals surface area contributed by atoms with E-state index >= 15 is 0 Å². The maximum absolute atomic E-state index is 11.4. The van der Waals surface area contributed by atoms with Gasteiger partial charge in [-0.1, -0.05) is 25.1 Å². The van der Waals surface area contributed by atoms with Crippen molar-refractivity contribution in [3.63, 3.8) is 0 Å². The predicted octanol–water partition coefficient (Wildman–Crippen LogP) is 2.49. The van der Waals surface area contributed by atoms with Crippen LogP contribution in [0.5, 0.6) is 0 Å². The molecular formula is C12H23ClN2O2. The molecular weight excluding hydrogens is 240 g/mol. The van der Waals surface area contributed by atoms with E-state index in [2.05, 4.69) is 17.2 Å². The molecule has 0 aliphatic rings. The van der Waals surface area contributed by atoms with Crippen LogP contribution >= 0.6 is 11.6 Å². The normalized spacial score (nSPS) is 13.0. The number of hydrogen-bond donors (Lipinski definition) is 2. The van der Waals surface area contributed by atoms with Gasteiger partial charge in [-0.25, -0.2) is 4.79 Å². The molecule has 0 bridgehead atoms. The summed E-state index contributed by atoms with van der Waals surface area (Å²) < 4.78 is 5.13.